The zero-order chi connectivity index (χ0) is 21.8. The number of amides is 3. The molecule has 1 atom stereocenters. The number of rotatable bonds is 6. The molecule has 1 N–H and O–H groups in total. The second-order valence-corrected chi connectivity index (χ2v) is 8.36. The molecule has 7 nitrogen and oxygen atoms in total. The molecule has 0 aromatic heterocycles. The van der Waals surface area contributed by atoms with Crippen molar-refractivity contribution in [2.75, 3.05) is 19.0 Å². The highest BCUT2D eigenvalue weighted by Gasteiger charge is 2.37. The fraction of sp³-hybridized carbons (Fsp3) is 0.238. The molecule has 1 aliphatic rings. The molecule has 0 saturated carbocycles. The van der Waals surface area contributed by atoms with Crippen molar-refractivity contribution < 1.29 is 23.9 Å². The summed E-state index contributed by atoms with van der Waals surface area (Å²) in [5.74, 6) is -1.76. The Hall–Kier alpha value is -2.84. The van der Waals surface area contributed by atoms with Crippen molar-refractivity contribution in [3.05, 3.63) is 58.6 Å². The van der Waals surface area contributed by atoms with Gasteiger partial charge < -0.3 is 10.1 Å². The van der Waals surface area contributed by atoms with E-state index in [1.807, 2.05) is 6.92 Å². The molecular formula is C21H19ClN2O5S. The maximum absolute atomic E-state index is 12.5. The fourth-order valence-corrected chi connectivity index (χ4v) is 4.23. The molecule has 9 heteroatoms. The molecule has 1 saturated heterocycles. The second-order valence-electron chi connectivity index (χ2n) is 6.68. The summed E-state index contributed by atoms with van der Waals surface area (Å²) in [5, 5.41) is 2.54. The van der Waals surface area contributed by atoms with Crippen molar-refractivity contribution in [2.24, 2.45) is 0 Å². The van der Waals surface area contributed by atoms with E-state index in [1.165, 1.54) is 7.05 Å². The predicted molar refractivity (Wildman–Crippen MR) is 114 cm³/mol. The molecule has 30 heavy (non-hydrogen) atoms. The first-order chi connectivity index (χ1) is 14.3. The van der Waals surface area contributed by atoms with E-state index >= 15 is 0 Å². The smallest absolute Gasteiger partial charge is 0.339 e. The zero-order valence-corrected chi connectivity index (χ0v) is 17.9. The van der Waals surface area contributed by atoms with Crippen molar-refractivity contribution in [2.45, 2.75) is 23.5 Å². The largest absolute Gasteiger partial charge is 0.452 e. The number of carbonyl (C=O) groups is 4. The van der Waals surface area contributed by atoms with Gasteiger partial charge in [-0.05, 0) is 36.8 Å². The maximum Gasteiger partial charge on any atom is 0.339 e. The number of halogens is 1. The number of nitrogens with one attached hydrogen (secondary N) is 1. The van der Waals surface area contributed by atoms with Crippen LogP contribution in [0.3, 0.4) is 0 Å². The van der Waals surface area contributed by atoms with Crippen molar-refractivity contribution in [1.29, 1.82) is 0 Å². The Morgan fingerprint density at radius 2 is 1.97 bits per heavy atom. The monoisotopic (exact) mass is 446 g/mol. The molecule has 1 unspecified atom stereocenters. The van der Waals surface area contributed by atoms with Gasteiger partial charge in [-0.3, -0.25) is 19.3 Å². The molecule has 1 heterocycles. The van der Waals surface area contributed by atoms with E-state index in [9.17, 15) is 19.2 Å². The minimum Gasteiger partial charge on any atom is -0.452 e. The van der Waals surface area contributed by atoms with Gasteiger partial charge in [-0.2, -0.15) is 0 Å². The Kier molecular flexibility index (Phi) is 6.79. The molecule has 1 fully saturated rings. The third kappa shape index (κ3) is 5.01. The molecule has 2 aromatic rings. The fourth-order valence-electron chi connectivity index (χ4n) is 2.83. The summed E-state index contributed by atoms with van der Waals surface area (Å²) < 4.78 is 5.15. The van der Waals surface area contributed by atoms with Crippen molar-refractivity contribution in [3.63, 3.8) is 0 Å². The van der Waals surface area contributed by atoms with Crippen LogP contribution in [-0.2, 0) is 19.1 Å². The number of aryl methyl sites for hydroxylation is 1. The van der Waals surface area contributed by atoms with E-state index in [0.717, 1.165) is 22.2 Å². The van der Waals surface area contributed by atoms with Crippen LogP contribution in [0.1, 0.15) is 22.3 Å². The summed E-state index contributed by atoms with van der Waals surface area (Å²) in [5.41, 5.74) is 1.58. The molecule has 1 aliphatic heterocycles. The normalized spacial score (nSPS) is 16.0. The number of ether oxygens (including phenoxy) is 1. The summed E-state index contributed by atoms with van der Waals surface area (Å²) in [4.78, 5) is 50.2. The van der Waals surface area contributed by atoms with Crippen LogP contribution in [0.2, 0.25) is 5.02 Å². The number of anilines is 1. The molecule has 0 aliphatic carbocycles. The van der Waals surface area contributed by atoms with Crippen LogP contribution in [0.25, 0.3) is 0 Å². The van der Waals surface area contributed by atoms with Gasteiger partial charge in [-0.1, -0.05) is 29.8 Å². The Labute approximate surface area is 182 Å². The van der Waals surface area contributed by atoms with Crippen molar-refractivity contribution in [3.8, 4) is 0 Å². The van der Waals surface area contributed by atoms with E-state index in [2.05, 4.69) is 5.32 Å². The van der Waals surface area contributed by atoms with Gasteiger partial charge in [0, 0.05) is 29.1 Å². The SMILES string of the molecule is Cc1ccc(Cl)cc1NC(=O)COC(=O)c1ccccc1SC1CC(=O)N(C)C1=O. The van der Waals surface area contributed by atoms with Crippen LogP contribution in [0, 0.1) is 6.92 Å². The van der Waals surface area contributed by atoms with Crippen molar-refractivity contribution >= 4 is 52.7 Å². The summed E-state index contributed by atoms with van der Waals surface area (Å²) in [7, 11) is 1.44. The van der Waals surface area contributed by atoms with Gasteiger partial charge in [-0.25, -0.2) is 4.79 Å². The first-order valence-electron chi connectivity index (χ1n) is 9.05. The van der Waals surface area contributed by atoms with E-state index in [4.69, 9.17) is 16.3 Å². The number of nitrogens with zero attached hydrogens (tertiary/aromatic N) is 1. The lowest BCUT2D eigenvalue weighted by atomic mass is 10.2. The van der Waals surface area contributed by atoms with Gasteiger partial charge in [0.1, 0.15) is 0 Å². The lowest BCUT2D eigenvalue weighted by molar-refractivity contribution is -0.136. The number of hydrogen-bond acceptors (Lipinski definition) is 6. The third-order valence-corrected chi connectivity index (χ3v) is 6.02. The number of hydrogen-bond donors (Lipinski definition) is 1. The number of likely N-dealkylation sites (tertiary alicyclic amines) is 1. The first-order valence-corrected chi connectivity index (χ1v) is 10.3. The van der Waals surface area contributed by atoms with Gasteiger partial charge in [0.15, 0.2) is 6.61 Å². The highest BCUT2D eigenvalue weighted by molar-refractivity contribution is 8.00. The average Bonchev–Trinajstić information content (AvgIpc) is 2.96. The molecular weight excluding hydrogens is 428 g/mol. The minimum absolute atomic E-state index is 0.0742. The highest BCUT2D eigenvalue weighted by Crippen LogP contribution is 2.33. The summed E-state index contributed by atoms with van der Waals surface area (Å²) in [6.07, 6.45) is 0.0742. The molecule has 0 radical (unpaired) electrons. The third-order valence-electron chi connectivity index (χ3n) is 4.52. The molecule has 0 spiro atoms. The number of benzene rings is 2. The van der Waals surface area contributed by atoms with E-state index < -0.39 is 23.7 Å². The lowest BCUT2D eigenvalue weighted by Crippen LogP contribution is -2.26. The van der Waals surface area contributed by atoms with Gasteiger partial charge in [-0.15, -0.1) is 11.8 Å². The van der Waals surface area contributed by atoms with Crippen LogP contribution in [0.5, 0.6) is 0 Å². The Bertz CT molecular complexity index is 1030. The van der Waals surface area contributed by atoms with Crippen LogP contribution < -0.4 is 5.32 Å². The Balaban J connectivity index is 1.63. The van der Waals surface area contributed by atoms with Gasteiger partial charge >= 0.3 is 5.97 Å². The second kappa shape index (κ2) is 9.32. The molecule has 3 amide bonds. The van der Waals surface area contributed by atoms with E-state index in [-0.39, 0.29) is 23.8 Å². The first kappa shape index (κ1) is 21.9. The predicted octanol–water partition coefficient (Wildman–Crippen LogP) is 3.29. The Morgan fingerprint density at radius 3 is 2.67 bits per heavy atom. The molecule has 2 aromatic carbocycles. The van der Waals surface area contributed by atoms with Crippen molar-refractivity contribution in [1.82, 2.24) is 4.90 Å². The summed E-state index contributed by atoms with van der Waals surface area (Å²) in [6, 6.07) is 11.7. The van der Waals surface area contributed by atoms with E-state index in [0.29, 0.717) is 15.6 Å². The quantitative estimate of drug-likeness (QED) is 0.540. The van der Waals surface area contributed by atoms with Crippen LogP contribution in [-0.4, -0.2) is 47.5 Å². The minimum atomic E-state index is -0.693. The van der Waals surface area contributed by atoms with E-state index in [1.54, 1.807) is 42.5 Å². The van der Waals surface area contributed by atoms with Crippen LogP contribution in [0.15, 0.2) is 47.4 Å². The number of carbonyl (C=O) groups excluding carboxylic acids is 4. The lowest BCUT2D eigenvalue weighted by Gasteiger charge is -2.13. The molecule has 0 bridgehead atoms. The highest BCUT2D eigenvalue weighted by atomic mass is 35.5. The molecule has 156 valence electrons. The molecule has 3 rings (SSSR count). The van der Waals surface area contributed by atoms with Gasteiger partial charge in [0.2, 0.25) is 11.8 Å². The van der Waals surface area contributed by atoms with Gasteiger partial charge in [0.25, 0.3) is 5.91 Å². The number of thioether (sulfide) groups is 1. The van der Waals surface area contributed by atoms with Gasteiger partial charge in [0.05, 0.1) is 10.8 Å². The van der Waals surface area contributed by atoms with Crippen LogP contribution in [0.4, 0.5) is 5.69 Å². The zero-order valence-electron chi connectivity index (χ0n) is 16.3. The Morgan fingerprint density at radius 1 is 1.23 bits per heavy atom. The maximum atomic E-state index is 12.5. The number of esters is 1. The summed E-state index contributed by atoms with van der Waals surface area (Å²) >= 11 is 7.07. The summed E-state index contributed by atoms with van der Waals surface area (Å²) in [6.45, 7) is 1.34. The standard InChI is InChI=1S/C21H19ClN2O5S/c1-12-7-8-13(22)9-15(12)23-18(25)11-29-21(28)14-5-3-4-6-16(14)30-17-10-19(26)24(2)20(17)27/h3-9,17H,10-11H2,1-2H3,(H,23,25). The van der Waals surface area contributed by atoms with Crippen LogP contribution >= 0.6 is 23.4 Å². The number of imide groups is 1. The average molecular weight is 447 g/mol. The topological polar surface area (TPSA) is 92.8 Å².